The molecule has 0 unspecified atom stereocenters. The van der Waals surface area contributed by atoms with Crippen molar-refractivity contribution in [2.24, 2.45) is 0 Å². The largest absolute Gasteiger partial charge is 0.378 e. The van der Waals surface area contributed by atoms with E-state index in [1.807, 2.05) is 84.3 Å². The smallest absolute Gasteiger partial charge is 0.339 e. The van der Waals surface area contributed by atoms with Gasteiger partial charge in [-0.1, -0.05) is 60.2 Å². The molecule has 0 spiro atoms. The molecule has 0 aliphatic heterocycles. The standard InChI is InChI=1S/C29H26BrN3O3S/c1-19-15-20(2)28(21(3)16-19)37(34,35)36-25-12-8-7-11-24(25)27-29(31-17-22-9-5-4-6-10-22)33-18-23(30)13-14-26(33)32-27/h4-16,18,31H,17H2,1-3H3. The van der Waals surface area contributed by atoms with Gasteiger partial charge in [-0.25, -0.2) is 4.98 Å². The van der Waals surface area contributed by atoms with Crippen molar-refractivity contribution in [3.05, 3.63) is 112 Å². The van der Waals surface area contributed by atoms with Crippen molar-refractivity contribution in [2.45, 2.75) is 32.2 Å². The van der Waals surface area contributed by atoms with Crippen molar-refractivity contribution in [3.8, 4) is 17.0 Å². The van der Waals surface area contributed by atoms with Gasteiger partial charge in [0.05, 0.1) is 0 Å². The quantitative estimate of drug-likeness (QED) is 0.210. The van der Waals surface area contributed by atoms with E-state index in [9.17, 15) is 8.42 Å². The molecule has 0 radical (unpaired) electrons. The maximum atomic E-state index is 13.5. The third-order valence-electron chi connectivity index (χ3n) is 6.08. The van der Waals surface area contributed by atoms with Gasteiger partial charge in [-0.3, -0.25) is 4.40 Å². The first kappa shape index (κ1) is 25.0. The number of benzene rings is 3. The zero-order valence-corrected chi connectivity index (χ0v) is 23.1. The number of nitrogens with zero attached hydrogens (tertiary/aromatic N) is 2. The van der Waals surface area contributed by atoms with E-state index in [0.717, 1.165) is 27.1 Å². The van der Waals surface area contributed by atoms with Crippen LogP contribution >= 0.6 is 15.9 Å². The highest BCUT2D eigenvalue weighted by molar-refractivity contribution is 9.10. The fraction of sp³-hybridized carbons (Fsp3) is 0.138. The summed E-state index contributed by atoms with van der Waals surface area (Å²) in [4.78, 5) is 5.04. The summed E-state index contributed by atoms with van der Waals surface area (Å²) in [7, 11) is -4.09. The molecular formula is C29H26BrN3O3S. The van der Waals surface area contributed by atoms with Crippen molar-refractivity contribution in [1.82, 2.24) is 9.38 Å². The minimum Gasteiger partial charge on any atom is -0.378 e. The van der Waals surface area contributed by atoms with E-state index in [1.165, 1.54) is 0 Å². The van der Waals surface area contributed by atoms with Gasteiger partial charge in [-0.2, -0.15) is 8.42 Å². The topological polar surface area (TPSA) is 72.7 Å². The zero-order valence-electron chi connectivity index (χ0n) is 20.7. The Balaban J connectivity index is 1.60. The van der Waals surface area contributed by atoms with Crippen LogP contribution in [0.15, 0.2) is 94.4 Å². The van der Waals surface area contributed by atoms with Gasteiger partial charge in [0.2, 0.25) is 0 Å². The van der Waals surface area contributed by atoms with Crippen LogP contribution in [-0.4, -0.2) is 17.8 Å². The Morgan fingerprint density at radius 1 is 0.919 bits per heavy atom. The summed E-state index contributed by atoms with van der Waals surface area (Å²) in [5.74, 6) is 0.948. The van der Waals surface area contributed by atoms with Gasteiger partial charge in [-0.05, 0) is 77.7 Å². The van der Waals surface area contributed by atoms with Crippen LogP contribution in [0, 0.1) is 20.8 Å². The molecule has 5 rings (SSSR count). The average molecular weight is 577 g/mol. The minimum absolute atomic E-state index is 0.189. The fourth-order valence-corrected chi connectivity index (χ4v) is 6.32. The number of aryl methyl sites for hydroxylation is 3. The number of aromatic nitrogens is 2. The number of rotatable bonds is 7. The zero-order chi connectivity index (χ0) is 26.2. The van der Waals surface area contributed by atoms with Crippen LogP contribution in [0.3, 0.4) is 0 Å². The van der Waals surface area contributed by atoms with Gasteiger partial charge < -0.3 is 9.50 Å². The van der Waals surface area contributed by atoms with Crippen LogP contribution in [0.2, 0.25) is 0 Å². The van der Waals surface area contributed by atoms with Crippen LogP contribution in [0.5, 0.6) is 5.75 Å². The molecule has 0 aliphatic carbocycles. The lowest BCUT2D eigenvalue weighted by Crippen LogP contribution is -2.14. The van der Waals surface area contributed by atoms with E-state index in [4.69, 9.17) is 9.17 Å². The Hall–Kier alpha value is -3.62. The Kier molecular flexibility index (Phi) is 6.79. The third-order valence-corrected chi connectivity index (χ3v) is 8.09. The Morgan fingerprint density at radius 3 is 2.32 bits per heavy atom. The lowest BCUT2D eigenvalue weighted by Gasteiger charge is -2.15. The summed E-state index contributed by atoms with van der Waals surface area (Å²) in [6.45, 7) is 6.08. The molecule has 2 heterocycles. The number of halogens is 1. The molecule has 0 saturated heterocycles. The lowest BCUT2D eigenvalue weighted by molar-refractivity contribution is 0.485. The second kappa shape index (κ2) is 10.0. The summed E-state index contributed by atoms with van der Waals surface area (Å²) >= 11 is 3.55. The highest BCUT2D eigenvalue weighted by Crippen LogP contribution is 2.37. The molecule has 0 amide bonds. The molecule has 0 fully saturated rings. The number of hydrogen-bond donors (Lipinski definition) is 1. The summed E-state index contributed by atoms with van der Waals surface area (Å²) in [5.41, 5.74) is 5.29. The summed E-state index contributed by atoms with van der Waals surface area (Å²) in [6, 6.07) is 24.7. The molecule has 0 saturated carbocycles. The van der Waals surface area contributed by atoms with Gasteiger partial charge in [-0.15, -0.1) is 0 Å². The highest BCUT2D eigenvalue weighted by atomic mass is 79.9. The van der Waals surface area contributed by atoms with Gasteiger partial charge in [0.15, 0.2) is 5.75 Å². The van der Waals surface area contributed by atoms with E-state index < -0.39 is 10.1 Å². The molecule has 37 heavy (non-hydrogen) atoms. The van der Waals surface area contributed by atoms with Crippen LogP contribution < -0.4 is 9.50 Å². The molecule has 1 N–H and O–H groups in total. The van der Waals surface area contributed by atoms with E-state index in [-0.39, 0.29) is 10.6 Å². The van der Waals surface area contributed by atoms with E-state index in [2.05, 4.69) is 21.2 Å². The minimum atomic E-state index is -4.09. The van der Waals surface area contributed by atoms with Gasteiger partial charge in [0.25, 0.3) is 0 Å². The van der Waals surface area contributed by atoms with Crippen LogP contribution in [0.1, 0.15) is 22.3 Å². The predicted octanol–water partition coefficient (Wildman–Crippen LogP) is 7.07. The number of para-hydroxylation sites is 1. The van der Waals surface area contributed by atoms with Crippen LogP contribution in [-0.2, 0) is 16.7 Å². The van der Waals surface area contributed by atoms with E-state index in [1.54, 1.807) is 26.0 Å². The SMILES string of the molecule is Cc1cc(C)c(S(=O)(=O)Oc2ccccc2-c2nc3ccc(Br)cn3c2NCc2ccccc2)c(C)c1. The fourth-order valence-electron chi connectivity index (χ4n) is 4.61. The molecular weight excluding hydrogens is 550 g/mol. The normalized spacial score (nSPS) is 11.6. The van der Waals surface area contributed by atoms with Crippen LogP contribution in [0.25, 0.3) is 16.9 Å². The predicted molar refractivity (Wildman–Crippen MR) is 151 cm³/mol. The maximum absolute atomic E-state index is 13.5. The second-order valence-corrected chi connectivity index (χ2v) is 11.4. The summed E-state index contributed by atoms with van der Waals surface area (Å²) in [5, 5.41) is 3.50. The first-order valence-corrected chi connectivity index (χ1v) is 14.0. The van der Waals surface area contributed by atoms with Crippen molar-refractivity contribution in [3.63, 3.8) is 0 Å². The second-order valence-electron chi connectivity index (χ2n) is 8.99. The highest BCUT2D eigenvalue weighted by Gasteiger charge is 2.25. The van der Waals surface area contributed by atoms with Crippen molar-refractivity contribution in [2.75, 3.05) is 5.32 Å². The molecule has 0 aliphatic rings. The average Bonchev–Trinajstić information content (AvgIpc) is 3.20. The van der Waals surface area contributed by atoms with Gasteiger partial charge in [0.1, 0.15) is 22.1 Å². The van der Waals surface area contributed by atoms with E-state index >= 15 is 0 Å². The molecule has 5 aromatic rings. The maximum Gasteiger partial charge on any atom is 0.339 e. The van der Waals surface area contributed by atoms with Crippen LogP contribution in [0.4, 0.5) is 5.82 Å². The molecule has 0 atom stereocenters. The molecule has 8 heteroatoms. The first-order valence-electron chi connectivity index (χ1n) is 11.8. The first-order chi connectivity index (χ1) is 17.7. The van der Waals surface area contributed by atoms with E-state index in [0.29, 0.717) is 28.9 Å². The van der Waals surface area contributed by atoms with Crippen molar-refractivity contribution < 1.29 is 12.6 Å². The summed E-state index contributed by atoms with van der Waals surface area (Å²) < 4.78 is 35.6. The monoisotopic (exact) mass is 575 g/mol. The number of imidazole rings is 1. The molecule has 6 nitrogen and oxygen atoms in total. The Morgan fingerprint density at radius 2 is 1.59 bits per heavy atom. The molecule has 3 aromatic carbocycles. The summed E-state index contributed by atoms with van der Waals surface area (Å²) in [6.07, 6.45) is 1.93. The number of nitrogens with one attached hydrogen (secondary N) is 1. The molecule has 0 bridgehead atoms. The number of pyridine rings is 1. The Bertz CT molecular complexity index is 1690. The molecule has 2 aromatic heterocycles. The van der Waals surface area contributed by atoms with Crippen molar-refractivity contribution >= 4 is 37.5 Å². The number of fused-ring (bicyclic) bond motifs is 1. The Labute approximate surface area is 225 Å². The number of hydrogen-bond acceptors (Lipinski definition) is 5. The lowest BCUT2D eigenvalue weighted by atomic mass is 10.1. The van der Waals surface area contributed by atoms with Gasteiger partial charge in [0, 0.05) is 22.8 Å². The van der Waals surface area contributed by atoms with Gasteiger partial charge >= 0.3 is 10.1 Å². The number of anilines is 1. The third kappa shape index (κ3) is 5.12. The molecule has 188 valence electrons. The van der Waals surface area contributed by atoms with Crippen molar-refractivity contribution in [1.29, 1.82) is 0 Å².